The number of benzene rings is 2. The molecular weight excluding hydrogens is 450 g/mol. The third-order valence-corrected chi connectivity index (χ3v) is 7.14. The number of rotatable bonds is 8. The van der Waals surface area contributed by atoms with Gasteiger partial charge in [0, 0.05) is 53.9 Å². The quantitative estimate of drug-likeness (QED) is 0.319. The van der Waals surface area contributed by atoms with Crippen LogP contribution in [0.4, 0.5) is 11.4 Å². The number of nitriles is 1. The Hall–Kier alpha value is -3.86. The van der Waals surface area contributed by atoms with Crippen LogP contribution in [0.3, 0.4) is 0 Å². The molecule has 0 saturated carbocycles. The minimum atomic E-state index is 0.294. The van der Waals surface area contributed by atoms with Crippen molar-refractivity contribution in [3.05, 3.63) is 72.2 Å². The first-order valence-corrected chi connectivity index (χ1v) is 12.4. The van der Waals surface area contributed by atoms with E-state index >= 15 is 0 Å². The maximum absolute atomic E-state index is 9.78. The lowest BCUT2D eigenvalue weighted by atomic mass is 9.98. The van der Waals surface area contributed by atoms with Crippen molar-refractivity contribution in [1.82, 2.24) is 14.9 Å². The van der Waals surface area contributed by atoms with Crippen LogP contribution < -0.4 is 10.1 Å². The van der Waals surface area contributed by atoms with E-state index in [0.29, 0.717) is 24.7 Å². The second kappa shape index (κ2) is 10.8. The van der Waals surface area contributed by atoms with Crippen molar-refractivity contribution >= 4 is 22.3 Å². The fraction of sp³-hybridized carbons (Fsp3) is 0.310. The van der Waals surface area contributed by atoms with Crippen molar-refractivity contribution in [2.45, 2.75) is 19.8 Å². The number of anilines is 2. The number of fused-ring (bicyclic) bond motifs is 1. The monoisotopic (exact) mass is 481 g/mol. The predicted octanol–water partition coefficient (Wildman–Crippen LogP) is 5.24. The summed E-state index contributed by atoms with van der Waals surface area (Å²) in [6.45, 7) is 5.91. The summed E-state index contributed by atoms with van der Waals surface area (Å²) in [5.74, 6) is 1.26. The van der Waals surface area contributed by atoms with E-state index in [1.807, 2.05) is 42.6 Å². The Morgan fingerprint density at radius 3 is 2.69 bits per heavy atom. The highest BCUT2D eigenvalue weighted by atomic mass is 16.5. The number of hydrogen-bond acceptors (Lipinski definition) is 6. The van der Waals surface area contributed by atoms with Crippen molar-refractivity contribution in [2.75, 3.05) is 38.2 Å². The number of aromatic nitrogens is 2. The first kappa shape index (κ1) is 23.9. The molecule has 1 fully saturated rings. The molecule has 3 heterocycles. The average molecular weight is 482 g/mol. The van der Waals surface area contributed by atoms with E-state index in [0.717, 1.165) is 77.2 Å². The molecule has 7 heteroatoms. The molecule has 0 aliphatic carbocycles. The highest BCUT2D eigenvalue weighted by molar-refractivity contribution is 5.91. The molecule has 5 rings (SSSR count). The van der Waals surface area contributed by atoms with Gasteiger partial charge >= 0.3 is 0 Å². The normalized spacial score (nSPS) is 14.6. The molecule has 4 aromatic rings. The van der Waals surface area contributed by atoms with Crippen molar-refractivity contribution in [2.24, 2.45) is 5.92 Å². The molecule has 184 valence electrons. The summed E-state index contributed by atoms with van der Waals surface area (Å²) in [6.07, 6.45) is 7.42. The third kappa shape index (κ3) is 5.06. The first-order chi connectivity index (χ1) is 17.7. The largest absolute Gasteiger partial charge is 0.492 e. The van der Waals surface area contributed by atoms with Crippen LogP contribution in [0.1, 0.15) is 24.0 Å². The van der Waals surface area contributed by atoms with Gasteiger partial charge in [0.05, 0.1) is 11.3 Å². The number of likely N-dealkylation sites (tertiary alicyclic amines) is 1. The Balaban J connectivity index is 1.30. The van der Waals surface area contributed by atoms with E-state index in [-0.39, 0.29) is 0 Å². The lowest BCUT2D eigenvalue weighted by Gasteiger charge is -2.30. The van der Waals surface area contributed by atoms with Crippen LogP contribution in [0.5, 0.6) is 5.75 Å². The number of aromatic amines is 1. The van der Waals surface area contributed by atoms with Crippen LogP contribution in [0.25, 0.3) is 22.0 Å². The molecule has 36 heavy (non-hydrogen) atoms. The standard InChI is InChI=1S/C29H31N5O2/c1-20-25-8-11-32-28(25)7-6-27(20)33-29-23(16-30)17-31-18-26(29)22-2-4-24(5-3-22)36-15-14-34-12-9-21(19-35)10-13-34/h2-8,11,17-18,21,32,35H,9-10,12-15,19H2,1H3,(H,31,33). The lowest BCUT2D eigenvalue weighted by molar-refractivity contribution is 0.119. The van der Waals surface area contributed by atoms with E-state index in [9.17, 15) is 10.4 Å². The van der Waals surface area contributed by atoms with E-state index in [1.54, 1.807) is 12.4 Å². The van der Waals surface area contributed by atoms with E-state index in [1.165, 1.54) is 0 Å². The fourth-order valence-corrected chi connectivity index (χ4v) is 4.87. The van der Waals surface area contributed by atoms with Gasteiger partial charge in [-0.15, -0.1) is 0 Å². The predicted molar refractivity (Wildman–Crippen MR) is 142 cm³/mol. The molecule has 2 aromatic heterocycles. The maximum Gasteiger partial charge on any atom is 0.119 e. The van der Waals surface area contributed by atoms with Crippen molar-refractivity contribution in [1.29, 1.82) is 5.26 Å². The molecule has 1 aliphatic rings. The first-order valence-electron chi connectivity index (χ1n) is 12.4. The molecule has 0 bridgehead atoms. The zero-order valence-electron chi connectivity index (χ0n) is 20.5. The van der Waals surface area contributed by atoms with Crippen LogP contribution >= 0.6 is 0 Å². The number of nitrogens with zero attached hydrogens (tertiary/aromatic N) is 3. The molecule has 2 aromatic carbocycles. The zero-order chi connectivity index (χ0) is 24.9. The number of pyridine rings is 1. The number of H-pyrrole nitrogens is 1. The van der Waals surface area contributed by atoms with Crippen molar-refractivity contribution < 1.29 is 9.84 Å². The Morgan fingerprint density at radius 1 is 1.14 bits per heavy atom. The summed E-state index contributed by atoms with van der Waals surface area (Å²) < 4.78 is 5.99. The minimum Gasteiger partial charge on any atom is -0.492 e. The molecule has 0 radical (unpaired) electrons. The highest BCUT2D eigenvalue weighted by Gasteiger charge is 2.18. The van der Waals surface area contributed by atoms with Gasteiger partial charge in [-0.3, -0.25) is 9.88 Å². The summed E-state index contributed by atoms with van der Waals surface area (Å²) in [7, 11) is 0. The van der Waals surface area contributed by atoms with Gasteiger partial charge in [0.1, 0.15) is 18.4 Å². The van der Waals surface area contributed by atoms with Crippen molar-refractivity contribution in [3.63, 3.8) is 0 Å². The molecular formula is C29H31N5O2. The van der Waals surface area contributed by atoms with Gasteiger partial charge in [-0.05, 0) is 80.2 Å². The minimum absolute atomic E-state index is 0.294. The summed E-state index contributed by atoms with van der Waals surface area (Å²) in [4.78, 5) is 9.95. The van der Waals surface area contributed by atoms with E-state index < -0.39 is 0 Å². The molecule has 7 nitrogen and oxygen atoms in total. The number of aliphatic hydroxyl groups is 1. The van der Waals surface area contributed by atoms with Gasteiger partial charge in [0.15, 0.2) is 0 Å². The lowest BCUT2D eigenvalue weighted by Crippen LogP contribution is -2.37. The van der Waals surface area contributed by atoms with E-state index in [4.69, 9.17) is 4.74 Å². The van der Waals surface area contributed by atoms with Gasteiger partial charge < -0.3 is 20.1 Å². The fourth-order valence-electron chi connectivity index (χ4n) is 4.87. The second-order valence-electron chi connectivity index (χ2n) is 9.36. The van der Waals surface area contributed by atoms with Gasteiger partial charge in [0.2, 0.25) is 0 Å². The number of nitrogens with one attached hydrogen (secondary N) is 2. The molecule has 3 N–H and O–H groups in total. The molecule has 1 aliphatic heterocycles. The van der Waals surface area contributed by atoms with Crippen LogP contribution in [0.2, 0.25) is 0 Å². The molecule has 0 amide bonds. The molecule has 0 unspecified atom stereocenters. The van der Waals surface area contributed by atoms with Gasteiger partial charge in [-0.25, -0.2) is 0 Å². The number of ether oxygens (including phenoxy) is 1. The molecule has 1 saturated heterocycles. The Kier molecular flexibility index (Phi) is 7.17. The molecule has 0 spiro atoms. The average Bonchev–Trinajstić information content (AvgIpc) is 3.41. The Labute approximate surface area is 211 Å². The molecule has 0 atom stereocenters. The summed E-state index contributed by atoms with van der Waals surface area (Å²) >= 11 is 0. The second-order valence-corrected chi connectivity index (χ2v) is 9.36. The number of hydrogen-bond donors (Lipinski definition) is 3. The van der Waals surface area contributed by atoms with Crippen molar-refractivity contribution in [3.8, 4) is 22.9 Å². The topological polar surface area (TPSA) is 97.2 Å². The van der Waals surface area contributed by atoms with Gasteiger partial charge in [0.25, 0.3) is 0 Å². The summed E-state index contributed by atoms with van der Waals surface area (Å²) in [5.41, 5.74) is 6.20. The highest BCUT2D eigenvalue weighted by Crippen LogP contribution is 2.35. The SMILES string of the molecule is Cc1c(Nc2c(C#N)cncc2-c2ccc(OCCN3CCC(CO)CC3)cc2)ccc2[nH]ccc12. The number of aryl methyl sites for hydroxylation is 1. The smallest absolute Gasteiger partial charge is 0.119 e. The maximum atomic E-state index is 9.78. The van der Waals surface area contributed by atoms with Gasteiger partial charge in [-0.2, -0.15) is 5.26 Å². The van der Waals surface area contributed by atoms with E-state index in [2.05, 4.69) is 39.2 Å². The Morgan fingerprint density at radius 2 is 1.94 bits per heavy atom. The summed E-state index contributed by atoms with van der Waals surface area (Å²) in [5, 5.41) is 23.7. The third-order valence-electron chi connectivity index (χ3n) is 7.14. The van der Waals surface area contributed by atoms with Crippen LogP contribution in [0, 0.1) is 24.2 Å². The zero-order valence-corrected chi connectivity index (χ0v) is 20.5. The van der Waals surface area contributed by atoms with Gasteiger partial charge in [-0.1, -0.05) is 12.1 Å². The van der Waals surface area contributed by atoms with Crippen LogP contribution in [0.15, 0.2) is 61.1 Å². The van der Waals surface area contributed by atoms with Crippen LogP contribution in [-0.2, 0) is 0 Å². The Bertz CT molecular complexity index is 1360. The summed E-state index contributed by atoms with van der Waals surface area (Å²) in [6, 6.07) is 16.4. The van der Waals surface area contributed by atoms with Crippen LogP contribution in [-0.4, -0.2) is 52.8 Å². The number of piperidine rings is 1. The number of aliphatic hydroxyl groups excluding tert-OH is 1.